The third kappa shape index (κ3) is 4.73. The van der Waals surface area contributed by atoms with Gasteiger partial charge in [0, 0.05) is 38.9 Å². The van der Waals surface area contributed by atoms with Gasteiger partial charge in [-0.15, -0.1) is 10.2 Å². The molecule has 1 aliphatic carbocycles. The van der Waals surface area contributed by atoms with Crippen LogP contribution in [0.3, 0.4) is 0 Å². The molecule has 1 aliphatic heterocycles. The lowest BCUT2D eigenvalue weighted by molar-refractivity contribution is -0.113. The Bertz CT molecular complexity index is 1070. The van der Waals surface area contributed by atoms with Crippen molar-refractivity contribution < 1.29 is 13.2 Å². The minimum absolute atomic E-state index is 0.175. The van der Waals surface area contributed by atoms with Crippen LogP contribution in [0.1, 0.15) is 37.3 Å². The first-order valence-electron chi connectivity index (χ1n) is 10.4. The van der Waals surface area contributed by atoms with E-state index in [0.717, 1.165) is 37.0 Å². The average Bonchev–Trinajstić information content (AvgIpc) is 3.24. The monoisotopic (exact) mass is 464 g/mol. The molecule has 1 saturated heterocycles. The number of nitrogens with one attached hydrogen (secondary N) is 1. The molecule has 0 radical (unpaired) electrons. The van der Waals surface area contributed by atoms with Crippen molar-refractivity contribution >= 4 is 39.3 Å². The Morgan fingerprint density at radius 1 is 1.23 bits per heavy atom. The van der Waals surface area contributed by atoms with Gasteiger partial charge in [0.2, 0.25) is 21.9 Å². The summed E-state index contributed by atoms with van der Waals surface area (Å²) in [5.41, 5.74) is 1.09. The molecule has 2 fully saturated rings. The predicted molar refractivity (Wildman–Crippen MR) is 121 cm³/mol. The molecule has 168 valence electrons. The van der Waals surface area contributed by atoms with Gasteiger partial charge in [0.1, 0.15) is 0 Å². The van der Waals surface area contributed by atoms with Crippen molar-refractivity contribution in [3.8, 4) is 0 Å². The summed E-state index contributed by atoms with van der Waals surface area (Å²) in [6, 6.07) is 5.34. The molecule has 0 unspecified atom stereocenters. The van der Waals surface area contributed by atoms with Crippen molar-refractivity contribution in [1.82, 2.24) is 19.1 Å². The van der Waals surface area contributed by atoms with Gasteiger partial charge in [-0.3, -0.25) is 9.36 Å². The molecule has 0 spiro atoms. The van der Waals surface area contributed by atoms with Crippen LogP contribution in [0.15, 0.2) is 28.3 Å². The average molecular weight is 465 g/mol. The summed E-state index contributed by atoms with van der Waals surface area (Å²) in [4.78, 5) is 15.0. The number of benzene rings is 1. The van der Waals surface area contributed by atoms with Crippen molar-refractivity contribution in [2.45, 2.75) is 48.7 Å². The highest BCUT2D eigenvalue weighted by atomic mass is 32.2. The zero-order valence-electron chi connectivity index (χ0n) is 18.0. The number of rotatable bonds is 8. The van der Waals surface area contributed by atoms with Gasteiger partial charge in [-0.05, 0) is 50.3 Å². The first-order valence-corrected chi connectivity index (χ1v) is 12.9. The number of hydrogen-bond acceptors (Lipinski definition) is 7. The van der Waals surface area contributed by atoms with Gasteiger partial charge in [-0.2, -0.15) is 0 Å². The third-order valence-corrected chi connectivity index (χ3v) is 8.41. The molecule has 2 aromatic rings. The Hall–Kier alpha value is -2.11. The molecular weight excluding hydrogens is 436 g/mol. The number of carbonyl (C=O) groups is 1. The van der Waals surface area contributed by atoms with Crippen LogP contribution < -0.4 is 10.2 Å². The lowest BCUT2D eigenvalue weighted by atomic mass is 10.2. The van der Waals surface area contributed by atoms with Crippen molar-refractivity contribution in [2.75, 3.05) is 43.2 Å². The lowest BCUT2D eigenvalue weighted by Gasteiger charge is -2.18. The predicted octanol–water partition coefficient (Wildman–Crippen LogP) is 2.50. The van der Waals surface area contributed by atoms with Crippen LogP contribution in [-0.4, -0.2) is 66.3 Å². The Morgan fingerprint density at radius 3 is 2.58 bits per heavy atom. The molecule has 9 nitrogen and oxygen atoms in total. The van der Waals surface area contributed by atoms with Gasteiger partial charge < -0.3 is 10.2 Å². The number of nitrogens with zero attached hydrogens (tertiary/aromatic N) is 5. The van der Waals surface area contributed by atoms with Crippen LogP contribution in [0.2, 0.25) is 0 Å². The Labute approximate surface area is 187 Å². The maximum absolute atomic E-state index is 12.6. The van der Waals surface area contributed by atoms with Crippen LogP contribution in [0.5, 0.6) is 0 Å². The number of carbonyl (C=O) groups excluding carboxylic acids is 1. The smallest absolute Gasteiger partial charge is 0.242 e. The maximum Gasteiger partial charge on any atom is 0.242 e. The van der Waals surface area contributed by atoms with E-state index < -0.39 is 10.0 Å². The summed E-state index contributed by atoms with van der Waals surface area (Å²) in [5.74, 6) is 0.879. The highest BCUT2D eigenvalue weighted by Crippen LogP contribution is 2.41. The molecule has 1 amide bonds. The standard InChI is InChI=1S/C20H28N6O3S2/c1-14-6-7-15(12-17(14)31(28,29)24(2)3)21-18(27)13-30-20-23-22-19(25-10-4-5-11-25)26(20)16-8-9-16/h6-7,12,16H,4-5,8-11,13H2,1-3H3,(H,21,27). The first-order chi connectivity index (χ1) is 14.8. The summed E-state index contributed by atoms with van der Waals surface area (Å²) in [6.45, 7) is 3.74. The topological polar surface area (TPSA) is 100 Å². The Kier molecular flexibility index (Phi) is 6.27. The van der Waals surface area contributed by atoms with E-state index in [1.165, 1.54) is 49.1 Å². The molecule has 31 heavy (non-hydrogen) atoms. The number of thioether (sulfide) groups is 1. The fourth-order valence-electron chi connectivity index (χ4n) is 3.63. The summed E-state index contributed by atoms with van der Waals surface area (Å²) in [6.07, 6.45) is 4.57. The van der Waals surface area contributed by atoms with E-state index >= 15 is 0 Å². The molecule has 1 N–H and O–H groups in total. The molecule has 0 atom stereocenters. The molecule has 1 aromatic carbocycles. The van der Waals surface area contributed by atoms with Gasteiger partial charge in [-0.1, -0.05) is 17.8 Å². The van der Waals surface area contributed by atoms with Crippen LogP contribution in [0.4, 0.5) is 11.6 Å². The molecule has 1 saturated carbocycles. The maximum atomic E-state index is 12.6. The lowest BCUT2D eigenvalue weighted by Crippen LogP contribution is -2.23. The van der Waals surface area contributed by atoms with Gasteiger partial charge in [0.05, 0.1) is 10.6 Å². The van der Waals surface area contributed by atoms with Crippen molar-refractivity contribution in [3.05, 3.63) is 23.8 Å². The molecule has 2 aliphatic rings. The van der Waals surface area contributed by atoms with Gasteiger partial charge in [0.25, 0.3) is 0 Å². The summed E-state index contributed by atoms with van der Waals surface area (Å²) < 4.78 is 28.4. The largest absolute Gasteiger partial charge is 0.341 e. The van der Waals surface area contributed by atoms with Crippen molar-refractivity contribution in [1.29, 1.82) is 0 Å². The summed E-state index contributed by atoms with van der Waals surface area (Å²) >= 11 is 1.36. The highest BCUT2D eigenvalue weighted by molar-refractivity contribution is 7.99. The SMILES string of the molecule is Cc1ccc(NC(=O)CSc2nnc(N3CCCC3)n2C2CC2)cc1S(=O)(=O)N(C)C. The number of aromatic nitrogens is 3. The Balaban J connectivity index is 1.44. The fraction of sp³-hybridized carbons (Fsp3) is 0.550. The molecule has 1 aromatic heterocycles. The van der Waals surface area contributed by atoms with Gasteiger partial charge in [0.15, 0.2) is 5.16 Å². The Morgan fingerprint density at radius 2 is 1.94 bits per heavy atom. The van der Waals surface area contributed by atoms with Crippen LogP contribution >= 0.6 is 11.8 Å². The van der Waals surface area contributed by atoms with E-state index in [-0.39, 0.29) is 16.6 Å². The minimum Gasteiger partial charge on any atom is -0.341 e. The van der Waals surface area contributed by atoms with Crippen LogP contribution in [-0.2, 0) is 14.8 Å². The van der Waals surface area contributed by atoms with Gasteiger partial charge >= 0.3 is 0 Å². The molecule has 4 rings (SSSR count). The number of aryl methyl sites for hydroxylation is 1. The van der Waals surface area contributed by atoms with E-state index in [2.05, 4.69) is 25.0 Å². The first kappa shape index (κ1) is 22.1. The van der Waals surface area contributed by atoms with E-state index in [4.69, 9.17) is 0 Å². The van der Waals surface area contributed by atoms with Crippen molar-refractivity contribution in [2.24, 2.45) is 0 Å². The highest BCUT2D eigenvalue weighted by Gasteiger charge is 2.32. The second-order valence-electron chi connectivity index (χ2n) is 8.18. The summed E-state index contributed by atoms with van der Waals surface area (Å²) in [7, 11) is -0.606. The third-order valence-electron chi connectivity index (χ3n) is 5.51. The van der Waals surface area contributed by atoms with E-state index in [9.17, 15) is 13.2 Å². The quantitative estimate of drug-likeness (QED) is 0.599. The normalized spacial score (nSPS) is 16.8. The number of anilines is 2. The second kappa shape index (κ2) is 8.79. The minimum atomic E-state index is -3.58. The molecule has 11 heteroatoms. The van der Waals surface area contributed by atoms with E-state index in [1.807, 2.05) is 0 Å². The van der Waals surface area contributed by atoms with Crippen LogP contribution in [0.25, 0.3) is 0 Å². The zero-order valence-corrected chi connectivity index (χ0v) is 19.7. The molecule has 2 heterocycles. The number of sulfonamides is 1. The zero-order chi connectivity index (χ0) is 22.2. The second-order valence-corrected chi connectivity index (χ2v) is 11.2. The van der Waals surface area contributed by atoms with Gasteiger partial charge in [-0.25, -0.2) is 12.7 Å². The van der Waals surface area contributed by atoms with E-state index in [1.54, 1.807) is 19.1 Å². The summed E-state index contributed by atoms with van der Waals surface area (Å²) in [5, 5.41) is 12.3. The molecule has 0 bridgehead atoms. The number of amides is 1. The van der Waals surface area contributed by atoms with E-state index in [0.29, 0.717) is 17.3 Å². The van der Waals surface area contributed by atoms with Crippen molar-refractivity contribution in [3.63, 3.8) is 0 Å². The molecular formula is C20H28N6O3S2. The van der Waals surface area contributed by atoms with Crippen LogP contribution in [0, 0.1) is 6.92 Å². The number of hydrogen-bond donors (Lipinski definition) is 1. The fourth-order valence-corrected chi connectivity index (χ4v) is 5.58.